The van der Waals surface area contributed by atoms with E-state index in [-0.39, 0.29) is 0 Å². The van der Waals surface area contributed by atoms with Gasteiger partial charge in [0.25, 0.3) is 0 Å². The van der Waals surface area contributed by atoms with Gasteiger partial charge in [0.05, 0.1) is 0 Å². The summed E-state index contributed by atoms with van der Waals surface area (Å²) in [5.74, 6) is 0.0945. The van der Waals surface area contributed by atoms with Gasteiger partial charge in [-0.3, -0.25) is 10.5 Å². The van der Waals surface area contributed by atoms with Crippen LogP contribution in [-0.4, -0.2) is 5.91 Å². The van der Waals surface area contributed by atoms with Crippen LogP contribution < -0.4 is 5.73 Å². The van der Waals surface area contributed by atoms with Crippen LogP contribution in [0.25, 0.3) is 0 Å². The fourth-order valence-electron chi connectivity index (χ4n) is 1.11. The molecule has 0 aromatic carbocycles. The molecule has 65 valence electrons. The average molecular weight is 156 g/mol. The predicted octanol–water partition coefficient (Wildman–Crippen LogP) is 2.26. The second-order valence-corrected chi connectivity index (χ2v) is 3.93. The van der Waals surface area contributed by atoms with Crippen LogP contribution in [0.4, 0.5) is 0 Å². The van der Waals surface area contributed by atoms with Gasteiger partial charge < -0.3 is 0 Å². The summed E-state index contributed by atoms with van der Waals surface area (Å²) in [7, 11) is 0. The second kappa shape index (κ2) is 3.74. The normalized spacial score (nSPS) is 14.5. The maximum atomic E-state index is 10.8. The van der Waals surface area contributed by atoms with Crippen molar-refractivity contribution in [3.8, 4) is 0 Å². The molecule has 1 N–H and O–H groups in total. The maximum absolute atomic E-state index is 10.8. The topological polar surface area (TPSA) is 40.9 Å². The third kappa shape index (κ3) is 3.40. The first-order valence-electron chi connectivity index (χ1n) is 4.16. The molecule has 11 heavy (non-hydrogen) atoms. The Morgan fingerprint density at radius 1 is 1.55 bits per heavy atom. The number of hydrogen-bond donors (Lipinski definition) is 0. The highest BCUT2D eigenvalue weighted by molar-refractivity contribution is 5.79. The molecule has 0 spiro atoms. The summed E-state index contributed by atoms with van der Waals surface area (Å²) in [6, 6.07) is 0. The van der Waals surface area contributed by atoms with Crippen LogP contribution in [0.5, 0.6) is 0 Å². The number of hydrogen-bond acceptors (Lipinski definition) is 1. The van der Waals surface area contributed by atoms with E-state index in [0.717, 1.165) is 12.8 Å². The summed E-state index contributed by atoms with van der Waals surface area (Å²) in [5.41, 5.74) is 6.56. The van der Waals surface area contributed by atoms with E-state index in [0.29, 0.717) is 5.92 Å². The summed E-state index contributed by atoms with van der Waals surface area (Å²) in [5, 5.41) is 0. The molecule has 1 atom stereocenters. The zero-order valence-electron chi connectivity index (χ0n) is 7.90. The first-order valence-corrected chi connectivity index (χ1v) is 4.16. The van der Waals surface area contributed by atoms with Crippen molar-refractivity contribution < 1.29 is 4.79 Å². The van der Waals surface area contributed by atoms with Gasteiger partial charge in [-0.1, -0.05) is 34.1 Å². The minimum atomic E-state index is -0.449. The highest BCUT2D eigenvalue weighted by Gasteiger charge is 2.26. The number of carbonyl (C=O) groups excluding carboxylic acids is 1. The van der Waals surface area contributed by atoms with E-state index >= 15 is 0 Å². The summed E-state index contributed by atoms with van der Waals surface area (Å²) in [6.45, 7) is 7.91. The van der Waals surface area contributed by atoms with Gasteiger partial charge in [-0.2, -0.15) is 0 Å². The monoisotopic (exact) mass is 156 g/mol. The minimum Gasteiger partial charge on any atom is -0.273 e. The van der Waals surface area contributed by atoms with Gasteiger partial charge in [-0.25, -0.2) is 0 Å². The Hall–Kier alpha value is -0.530. The standard InChI is InChI=1S/C9H18NO/c1-5-7(2)6-9(3,4)8(10)11/h7,10H,5-6H2,1-4H3. The second-order valence-electron chi connectivity index (χ2n) is 3.93. The quantitative estimate of drug-likeness (QED) is 0.615. The first kappa shape index (κ1) is 10.5. The van der Waals surface area contributed by atoms with Gasteiger partial charge in [-0.05, 0) is 12.3 Å². The molecule has 0 aromatic heterocycles. The van der Waals surface area contributed by atoms with Crippen LogP contribution in [-0.2, 0) is 4.79 Å². The largest absolute Gasteiger partial charge is 0.273 e. The Morgan fingerprint density at radius 3 is 2.27 bits per heavy atom. The zero-order chi connectivity index (χ0) is 9.07. The van der Waals surface area contributed by atoms with Gasteiger partial charge in [-0.15, -0.1) is 0 Å². The lowest BCUT2D eigenvalue weighted by molar-refractivity contribution is -0.127. The number of nitrogens with one attached hydrogen (secondary N) is 1. The van der Waals surface area contributed by atoms with E-state index in [1.807, 2.05) is 13.8 Å². The molecular weight excluding hydrogens is 138 g/mol. The molecule has 0 aromatic rings. The lowest BCUT2D eigenvalue weighted by Gasteiger charge is -2.22. The predicted molar refractivity (Wildman–Crippen MR) is 46.0 cm³/mol. The van der Waals surface area contributed by atoms with Crippen LogP contribution in [0.1, 0.15) is 40.5 Å². The van der Waals surface area contributed by atoms with Gasteiger partial charge in [0.1, 0.15) is 0 Å². The molecule has 0 bridgehead atoms. The molecule has 0 saturated carbocycles. The molecule has 0 saturated heterocycles. The van der Waals surface area contributed by atoms with Crippen molar-refractivity contribution in [3.63, 3.8) is 0 Å². The van der Waals surface area contributed by atoms with Crippen molar-refractivity contribution in [1.82, 2.24) is 5.73 Å². The van der Waals surface area contributed by atoms with Crippen LogP contribution in [0.3, 0.4) is 0 Å². The maximum Gasteiger partial charge on any atom is 0.244 e. The molecule has 1 unspecified atom stereocenters. The molecule has 2 heteroatoms. The number of rotatable bonds is 4. The Bertz CT molecular complexity index is 140. The summed E-state index contributed by atoms with van der Waals surface area (Å²) < 4.78 is 0. The summed E-state index contributed by atoms with van der Waals surface area (Å²) >= 11 is 0. The van der Waals surface area contributed by atoms with E-state index in [1.165, 1.54) is 0 Å². The number of amides is 1. The third-order valence-corrected chi connectivity index (χ3v) is 2.17. The van der Waals surface area contributed by atoms with Crippen LogP contribution in [0.2, 0.25) is 0 Å². The fourth-order valence-corrected chi connectivity index (χ4v) is 1.11. The van der Waals surface area contributed by atoms with E-state index in [9.17, 15) is 4.79 Å². The Morgan fingerprint density at radius 2 is 2.00 bits per heavy atom. The summed E-state index contributed by atoms with van der Waals surface area (Å²) in [6.07, 6.45) is 1.91. The van der Waals surface area contributed by atoms with Crippen molar-refractivity contribution in [3.05, 3.63) is 0 Å². The van der Waals surface area contributed by atoms with E-state index in [4.69, 9.17) is 5.73 Å². The highest BCUT2D eigenvalue weighted by Crippen LogP contribution is 2.26. The van der Waals surface area contributed by atoms with E-state index in [1.54, 1.807) is 0 Å². The molecule has 0 aliphatic rings. The lowest BCUT2D eigenvalue weighted by Crippen LogP contribution is -2.27. The molecule has 1 amide bonds. The molecule has 1 radical (unpaired) electrons. The molecule has 2 nitrogen and oxygen atoms in total. The summed E-state index contributed by atoms with van der Waals surface area (Å²) in [4.78, 5) is 10.8. The average Bonchev–Trinajstić information content (AvgIpc) is 1.86. The molecule has 0 fully saturated rings. The van der Waals surface area contributed by atoms with Crippen molar-refractivity contribution in [1.29, 1.82) is 0 Å². The van der Waals surface area contributed by atoms with Crippen LogP contribution in [0, 0.1) is 11.3 Å². The minimum absolute atomic E-state index is 0.446. The fraction of sp³-hybridized carbons (Fsp3) is 0.889. The number of carbonyl (C=O) groups is 1. The van der Waals surface area contributed by atoms with E-state index < -0.39 is 11.3 Å². The van der Waals surface area contributed by atoms with Crippen LogP contribution >= 0.6 is 0 Å². The third-order valence-electron chi connectivity index (χ3n) is 2.17. The molecule has 0 rings (SSSR count). The highest BCUT2D eigenvalue weighted by atomic mass is 16.1. The van der Waals surface area contributed by atoms with E-state index in [2.05, 4.69) is 13.8 Å². The van der Waals surface area contributed by atoms with Gasteiger partial charge in [0, 0.05) is 5.41 Å². The van der Waals surface area contributed by atoms with Gasteiger partial charge in [0.2, 0.25) is 5.91 Å². The molecule has 0 aliphatic heterocycles. The van der Waals surface area contributed by atoms with Gasteiger partial charge in [0.15, 0.2) is 0 Å². The zero-order valence-corrected chi connectivity index (χ0v) is 7.90. The van der Waals surface area contributed by atoms with Gasteiger partial charge >= 0.3 is 0 Å². The molecular formula is C9H18NO. The first-order chi connectivity index (χ1) is 4.90. The lowest BCUT2D eigenvalue weighted by atomic mass is 9.82. The van der Waals surface area contributed by atoms with Crippen molar-refractivity contribution in [2.45, 2.75) is 40.5 Å². The molecule has 0 heterocycles. The van der Waals surface area contributed by atoms with Crippen molar-refractivity contribution in [2.24, 2.45) is 11.3 Å². The Balaban J connectivity index is 4.01. The molecule has 0 aliphatic carbocycles. The van der Waals surface area contributed by atoms with Crippen molar-refractivity contribution >= 4 is 5.91 Å². The van der Waals surface area contributed by atoms with Crippen LogP contribution in [0.15, 0.2) is 0 Å². The SMILES string of the molecule is CCC(C)CC(C)(C)C([NH])=O. The van der Waals surface area contributed by atoms with Crippen molar-refractivity contribution in [2.75, 3.05) is 0 Å². The smallest absolute Gasteiger partial charge is 0.244 e. The Labute approximate surface area is 69.2 Å². The Kier molecular flexibility index (Phi) is 3.56.